The van der Waals surface area contributed by atoms with E-state index in [0.717, 1.165) is 31.9 Å². The van der Waals surface area contributed by atoms with Crippen LogP contribution < -0.4 is 10.1 Å². The summed E-state index contributed by atoms with van der Waals surface area (Å²) in [6, 6.07) is 7.06. The molecule has 0 spiro atoms. The van der Waals surface area contributed by atoms with Crippen molar-refractivity contribution in [1.82, 2.24) is 10.2 Å². The van der Waals surface area contributed by atoms with Crippen LogP contribution in [-0.4, -0.2) is 38.7 Å². The molecule has 0 bridgehead atoms. The lowest BCUT2D eigenvalue weighted by atomic mass is 9.94. The Balaban J connectivity index is 2.10. The zero-order valence-corrected chi connectivity index (χ0v) is 12.6. The molecule has 0 amide bonds. The van der Waals surface area contributed by atoms with E-state index in [1.54, 1.807) is 0 Å². The molecule has 1 heterocycles. The third kappa shape index (κ3) is 3.71. The lowest BCUT2D eigenvalue weighted by molar-refractivity contribution is 0.249. The van der Waals surface area contributed by atoms with Gasteiger partial charge < -0.3 is 15.0 Å². The van der Waals surface area contributed by atoms with Crippen molar-refractivity contribution in [3.8, 4) is 5.75 Å². The zero-order valence-electron chi connectivity index (χ0n) is 12.6. The Morgan fingerprint density at radius 3 is 2.84 bits per heavy atom. The summed E-state index contributed by atoms with van der Waals surface area (Å²) in [5, 5.41) is 3.65. The molecule has 1 N–H and O–H groups in total. The van der Waals surface area contributed by atoms with Gasteiger partial charge in [-0.1, -0.05) is 26.0 Å². The molecule has 1 aliphatic heterocycles. The van der Waals surface area contributed by atoms with Crippen LogP contribution in [0.15, 0.2) is 18.2 Å². The van der Waals surface area contributed by atoms with Crippen LogP contribution in [-0.2, 0) is 0 Å². The van der Waals surface area contributed by atoms with Gasteiger partial charge in [-0.05, 0) is 31.6 Å². The summed E-state index contributed by atoms with van der Waals surface area (Å²) in [5.74, 6) is 1.62. The van der Waals surface area contributed by atoms with Gasteiger partial charge >= 0.3 is 0 Å². The summed E-state index contributed by atoms with van der Waals surface area (Å²) < 4.78 is 5.77. The van der Waals surface area contributed by atoms with Gasteiger partial charge in [-0.2, -0.15) is 0 Å². The lowest BCUT2D eigenvalue weighted by Crippen LogP contribution is -2.32. The van der Waals surface area contributed by atoms with E-state index in [1.165, 1.54) is 11.1 Å². The maximum absolute atomic E-state index is 5.77. The monoisotopic (exact) mass is 262 g/mol. The van der Waals surface area contributed by atoms with Crippen molar-refractivity contribution < 1.29 is 4.74 Å². The molecular formula is C16H26N2O. The van der Waals surface area contributed by atoms with Crippen LogP contribution in [0.2, 0.25) is 0 Å². The summed E-state index contributed by atoms with van der Waals surface area (Å²) in [6.45, 7) is 7.37. The average molecular weight is 262 g/mol. The highest BCUT2D eigenvalue weighted by molar-refractivity contribution is 5.41. The Labute approximate surface area is 116 Å². The van der Waals surface area contributed by atoms with Crippen LogP contribution in [0, 0.1) is 0 Å². The van der Waals surface area contributed by atoms with Crippen LogP contribution in [0.25, 0.3) is 0 Å². The molecule has 2 rings (SSSR count). The summed E-state index contributed by atoms with van der Waals surface area (Å²) in [7, 11) is 4.22. The normalized spacial score (nSPS) is 18.5. The molecule has 1 aliphatic rings. The first kappa shape index (κ1) is 14.4. The van der Waals surface area contributed by atoms with E-state index < -0.39 is 0 Å². The van der Waals surface area contributed by atoms with Gasteiger partial charge in [0.2, 0.25) is 0 Å². The maximum Gasteiger partial charge on any atom is 0.124 e. The fourth-order valence-corrected chi connectivity index (χ4v) is 2.45. The van der Waals surface area contributed by atoms with Crippen LogP contribution >= 0.6 is 0 Å². The molecule has 0 fully saturated rings. The number of hydrogen-bond acceptors (Lipinski definition) is 3. The first-order valence-corrected chi connectivity index (χ1v) is 7.22. The Hall–Kier alpha value is -1.06. The van der Waals surface area contributed by atoms with Gasteiger partial charge in [-0.25, -0.2) is 0 Å². The third-order valence-corrected chi connectivity index (χ3v) is 3.69. The number of nitrogens with zero attached hydrogens (tertiary/aromatic N) is 1. The molecule has 0 radical (unpaired) electrons. The van der Waals surface area contributed by atoms with Gasteiger partial charge in [0.15, 0.2) is 0 Å². The molecule has 0 aliphatic carbocycles. The quantitative estimate of drug-likeness (QED) is 0.883. The van der Waals surface area contributed by atoms with Gasteiger partial charge in [0.05, 0.1) is 6.61 Å². The zero-order chi connectivity index (χ0) is 13.8. The predicted octanol–water partition coefficient (Wildman–Crippen LogP) is 2.78. The highest BCUT2D eigenvalue weighted by Crippen LogP contribution is 2.34. The summed E-state index contributed by atoms with van der Waals surface area (Å²) in [6.07, 6.45) is 1.06. The van der Waals surface area contributed by atoms with Gasteiger partial charge in [0.25, 0.3) is 0 Å². The van der Waals surface area contributed by atoms with Crippen LogP contribution in [0.5, 0.6) is 5.75 Å². The molecule has 19 heavy (non-hydrogen) atoms. The average Bonchev–Trinajstić information content (AvgIpc) is 2.38. The summed E-state index contributed by atoms with van der Waals surface area (Å²) >= 11 is 0. The second kappa shape index (κ2) is 6.40. The minimum Gasteiger partial charge on any atom is -0.493 e. The van der Waals surface area contributed by atoms with Crippen molar-refractivity contribution in [1.29, 1.82) is 0 Å². The number of hydrogen-bond donors (Lipinski definition) is 1. The molecule has 1 atom stereocenters. The molecule has 106 valence electrons. The largest absolute Gasteiger partial charge is 0.493 e. The van der Waals surface area contributed by atoms with Gasteiger partial charge in [-0.3, -0.25) is 0 Å². The molecule has 0 saturated heterocycles. The molecule has 1 unspecified atom stereocenters. The highest BCUT2D eigenvalue weighted by Gasteiger charge is 2.21. The van der Waals surface area contributed by atoms with E-state index >= 15 is 0 Å². The Morgan fingerprint density at radius 2 is 2.16 bits per heavy atom. The number of nitrogens with one attached hydrogen (secondary N) is 1. The van der Waals surface area contributed by atoms with Crippen molar-refractivity contribution in [2.75, 3.05) is 33.8 Å². The molecule has 0 aromatic heterocycles. The predicted molar refractivity (Wildman–Crippen MR) is 79.9 cm³/mol. The first-order valence-electron chi connectivity index (χ1n) is 7.22. The van der Waals surface area contributed by atoms with Crippen LogP contribution in [0.3, 0.4) is 0 Å². The van der Waals surface area contributed by atoms with E-state index in [9.17, 15) is 0 Å². The van der Waals surface area contributed by atoms with E-state index in [-0.39, 0.29) is 0 Å². The Kier molecular flexibility index (Phi) is 4.83. The van der Waals surface area contributed by atoms with Crippen molar-refractivity contribution in [2.24, 2.45) is 0 Å². The lowest BCUT2D eigenvalue weighted by Gasteiger charge is -2.28. The fourth-order valence-electron chi connectivity index (χ4n) is 2.45. The molecular weight excluding hydrogens is 236 g/mol. The Bertz CT molecular complexity index is 415. The maximum atomic E-state index is 5.77. The topological polar surface area (TPSA) is 24.5 Å². The highest BCUT2D eigenvalue weighted by atomic mass is 16.5. The molecule has 3 nitrogen and oxygen atoms in total. The number of ether oxygens (including phenoxy) is 1. The fraction of sp³-hybridized carbons (Fsp3) is 0.625. The third-order valence-electron chi connectivity index (χ3n) is 3.69. The number of benzene rings is 1. The second-order valence-electron chi connectivity index (χ2n) is 5.90. The van der Waals surface area contributed by atoms with Crippen LogP contribution in [0.1, 0.15) is 43.4 Å². The van der Waals surface area contributed by atoms with Gasteiger partial charge in [-0.15, -0.1) is 0 Å². The summed E-state index contributed by atoms with van der Waals surface area (Å²) in [4.78, 5) is 2.21. The van der Waals surface area contributed by atoms with E-state index in [4.69, 9.17) is 4.74 Å². The number of fused-ring (bicyclic) bond motifs is 1. The SMILES string of the molecule is CC(C)c1ccc2c(c1)C(NCCN(C)C)CCO2. The van der Waals surface area contributed by atoms with Crippen LogP contribution in [0.4, 0.5) is 0 Å². The van der Waals surface area contributed by atoms with Crippen molar-refractivity contribution in [3.63, 3.8) is 0 Å². The minimum atomic E-state index is 0.433. The van der Waals surface area contributed by atoms with E-state index in [2.05, 4.69) is 56.4 Å². The van der Waals surface area contributed by atoms with Crippen molar-refractivity contribution in [2.45, 2.75) is 32.2 Å². The summed E-state index contributed by atoms with van der Waals surface area (Å²) in [5.41, 5.74) is 2.72. The van der Waals surface area contributed by atoms with Crippen molar-refractivity contribution >= 4 is 0 Å². The molecule has 0 saturated carbocycles. The van der Waals surface area contributed by atoms with Gasteiger partial charge in [0.1, 0.15) is 5.75 Å². The van der Waals surface area contributed by atoms with E-state index in [0.29, 0.717) is 12.0 Å². The second-order valence-corrected chi connectivity index (χ2v) is 5.90. The number of rotatable bonds is 5. The van der Waals surface area contributed by atoms with E-state index in [1.807, 2.05) is 0 Å². The molecule has 1 aromatic carbocycles. The first-order chi connectivity index (χ1) is 9.08. The smallest absolute Gasteiger partial charge is 0.124 e. The standard InChI is InChI=1S/C16H26N2O/c1-12(2)13-5-6-16-14(11-13)15(7-10-19-16)17-8-9-18(3)4/h5-6,11-12,15,17H,7-10H2,1-4H3. The number of likely N-dealkylation sites (N-methyl/N-ethyl adjacent to an activating group) is 1. The minimum absolute atomic E-state index is 0.433. The Morgan fingerprint density at radius 1 is 1.37 bits per heavy atom. The molecule has 3 heteroatoms. The van der Waals surface area contributed by atoms with Crippen molar-refractivity contribution in [3.05, 3.63) is 29.3 Å². The van der Waals surface area contributed by atoms with Gasteiger partial charge in [0, 0.05) is 31.1 Å². The molecule has 1 aromatic rings.